The number of carbonyl (C=O) groups is 1. The van der Waals surface area contributed by atoms with Gasteiger partial charge in [-0.05, 0) is 37.3 Å². The van der Waals surface area contributed by atoms with Gasteiger partial charge in [-0.25, -0.2) is 0 Å². The third-order valence-electron chi connectivity index (χ3n) is 3.80. The molecule has 1 aromatic heterocycles. The lowest BCUT2D eigenvalue weighted by Gasteiger charge is -2.10. The molecule has 1 amide bonds. The first-order valence-electron chi connectivity index (χ1n) is 8.64. The molecule has 152 valence electrons. The van der Waals surface area contributed by atoms with Crippen molar-refractivity contribution in [2.45, 2.75) is 25.2 Å². The number of hydrogen-bond acceptors (Lipinski definition) is 5. The van der Waals surface area contributed by atoms with Gasteiger partial charge < -0.3 is 14.6 Å². The Labute approximate surface area is 187 Å². The summed E-state index contributed by atoms with van der Waals surface area (Å²) in [4.78, 5) is 12.2. The summed E-state index contributed by atoms with van der Waals surface area (Å²) in [5.41, 5.74) is 0.646. The molecule has 3 rings (SSSR count). The highest BCUT2D eigenvalue weighted by Gasteiger charge is 2.14. The minimum absolute atomic E-state index is 0.161. The van der Waals surface area contributed by atoms with E-state index in [1.165, 1.54) is 11.8 Å². The molecule has 0 atom stereocenters. The molecule has 0 saturated heterocycles. The largest absolute Gasteiger partial charge is 0.484 e. The van der Waals surface area contributed by atoms with Gasteiger partial charge in [0.05, 0.1) is 10.8 Å². The number of benzene rings is 2. The van der Waals surface area contributed by atoms with E-state index >= 15 is 0 Å². The molecular formula is C19H17Cl3N4O2S. The second-order valence-corrected chi connectivity index (χ2v) is 8.08. The second-order valence-electron chi connectivity index (χ2n) is 5.85. The molecular weight excluding hydrogens is 455 g/mol. The van der Waals surface area contributed by atoms with E-state index in [2.05, 4.69) is 15.5 Å². The van der Waals surface area contributed by atoms with Gasteiger partial charge in [0, 0.05) is 28.3 Å². The van der Waals surface area contributed by atoms with E-state index in [4.69, 9.17) is 39.5 Å². The summed E-state index contributed by atoms with van der Waals surface area (Å²) in [5, 5.41) is 13.3. The summed E-state index contributed by atoms with van der Waals surface area (Å²) in [6.07, 6.45) is 0. The SMILES string of the molecule is CCn1c(COc2cc(Cl)ccc2Cl)nnc1SCC(=O)Nc1cccc(Cl)c1. The summed E-state index contributed by atoms with van der Waals surface area (Å²) in [7, 11) is 0. The number of anilines is 1. The van der Waals surface area contributed by atoms with Crippen molar-refractivity contribution in [2.24, 2.45) is 0 Å². The Kier molecular flexibility index (Phi) is 7.66. The molecule has 1 heterocycles. The van der Waals surface area contributed by atoms with E-state index in [-0.39, 0.29) is 18.3 Å². The normalized spacial score (nSPS) is 10.8. The number of thioether (sulfide) groups is 1. The maximum absolute atomic E-state index is 12.2. The van der Waals surface area contributed by atoms with E-state index in [0.717, 1.165) is 0 Å². The molecule has 10 heteroatoms. The highest BCUT2D eigenvalue weighted by Crippen LogP contribution is 2.28. The van der Waals surface area contributed by atoms with Crippen LogP contribution in [-0.4, -0.2) is 26.4 Å². The lowest BCUT2D eigenvalue weighted by Crippen LogP contribution is -2.15. The Bertz CT molecular complexity index is 1010. The Hall–Kier alpha value is -1.93. The zero-order valence-electron chi connectivity index (χ0n) is 15.4. The average molecular weight is 472 g/mol. The molecule has 1 N–H and O–H groups in total. The third-order valence-corrected chi connectivity index (χ3v) is 5.55. The third kappa shape index (κ3) is 6.02. The van der Waals surface area contributed by atoms with Gasteiger partial charge >= 0.3 is 0 Å². The van der Waals surface area contributed by atoms with Crippen molar-refractivity contribution in [3.05, 3.63) is 63.4 Å². The van der Waals surface area contributed by atoms with Crippen molar-refractivity contribution in [3.63, 3.8) is 0 Å². The molecule has 0 aliphatic carbocycles. The minimum Gasteiger partial charge on any atom is -0.484 e. The number of ether oxygens (including phenoxy) is 1. The average Bonchev–Trinajstić information content (AvgIpc) is 3.09. The smallest absolute Gasteiger partial charge is 0.234 e. The summed E-state index contributed by atoms with van der Waals surface area (Å²) in [6.45, 7) is 2.78. The number of nitrogens with one attached hydrogen (secondary N) is 1. The van der Waals surface area contributed by atoms with Crippen LogP contribution in [0.25, 0.3) is 0 Å². The van der Waals surface area contributed by atoms with E-state index in [1.807, 2.05) is 11.5 Å². The van der Waals surface area contributed by atoms with E-state index < -0.39 is 0 Å². The van der Waals surface area contributed by atoms with E-state index in [1.54, 1.807) is 42.5 Å². The lowest BCUT2D eigenvalue weighted by molar-refractivity contribution is -0.113. The Balaban J connectivity index is 1.60. The van der Waals surface area contributed by atoms with Crippen molar-refractivity contribution in [1.82, 2.24) is 14.8 Å². The number of nitrogens with zero attached hydrogens (tertiary/aromatic N) is 3. The fraction of sp³-hybridized carbons (Fsp3) is 0.211. The fourth-order valence-corrected chi connectivity index (χ4v) is 3.82. The molecule has 0 aliphatic heterocycles. The van der Waals surface area contributed by atoms with Gasteiger partial charge in [-0.1, -0.05) is 52.6 Å². The predicted octanol–water partition coefficient (Wildman–Crippen LogP) is 5.57. The molecule has 0 spiro atoms. The van der Waals surface area contributed by atoms with Crippen molar-refractivity contribution in [2.75, 3.05) is 11.1 Å². The van der Waals surface area contributed by atoms with Gasteiger partial charge in [-0.3, -0.25) is 4.79 Å². The van der Waals surface area contributed by atoms with Crippen LogP contribution in [0, 0.1) is 0 Å². The Morgan fingerprint density at radius 2 is 1.93 bits per heavy atom. The maximum Gasteiger partial charge on any atom is 0.234 e. The van der Waals surface area contributed by atoms with E-state index in [9.17, 15) is 4.79 Å². The van der Waals surface area contributed by atoms with Gasteiger partial charge in [0.25, 0.3) is 0 Å². The number of rotatable bonds is 8. The summed E-state index contributed by atoms with van der Waals surface area (Å²) >= 11 is 19.3. The first-order valence-corrected chi connectivity index (χ1v) is 10.8. The quantitative estimate of drug-likeness (QED) is 0.435. The molecule has 0 unspecified atom stereocenters. The van der Waals surface area contributed by atoms with Gasteiger partial charge in [0.15, 0.2) is 11.0 Å². The molecule has 0 radical (unpaired) electrons. The molecule has 0 saturated carbocycles. The monoisotopic (exact) mass is 470 g/mol. The first kappa shape index (κ1) is 21.8. The highest BCUT2D eigenvalue weighted by atomic mass is 35.5. The second kappa shape index (κ2) is 10.2. The van der Waals surface area contributed by atoms with Crippen molar-refractivity contribution in [1.29, 1.82) is 0 Å². The first-order chi connectivity index (χ1) is 14.0. The number of carbonyl (C=O) groups excluding carboxylic acids is 1. The van der Waals surface area contributed by atoms with Crippen LogP contribution in [-0.2, 0) is 17.9 Å². The van der Waals surface area contributed by atoms with Crippen LogP contribution in [0.15, 0.2) is 47.6 Å². The van der Waals surface area contributed by atoms with Crippen LogP contribution in [0.5, 0.6) is 5.75 Å². The number of amides is 1. The maximum atomic E-state index is 12.2. The van der Waals surface area contributed by atoms with Crippen LogP contribution >= 0.6 is 46.6 Å². The Morgan fingerprint density at radius 3 is 2.69 bits per heavy atom. The Morgan fingerprint density at radius 1 is 1.14 bits per heavy atom. The molecule has 0 bridgehead atoms. The molecule has 6 nitrogen and oxygen atoms in total. The molecule has 2 aromatic carbocycles. The number of hydrogen-bond donors (Lipinski definition) is 1. The zero-order chi connectivity index (χ0) is 20.8. The van der Waals surface area contributed by atoms with Gasteiger partial charge in [-0.2, -0.15) is 0 Å². The number of halogens is 3. The summed E-state index contributed by atoms with van der Waals surface area (Å²) in [6, 6.07) is 12.0. The van der Waals surface area contributed by atoms with Crippen LogP contribution in [0.1, 0.15) is 12.7 Å². The van der Waals surface area contributed by atoms with Gasteiger partial charge in [-0.15, -0.1) is 10.2 Å². The molecule has 29 heavy (non-hydrogen) atoms. The van der Waals surface area contributed by atoms with Crippen LogP contribution in [0.3, 0.4) is 0 Å². The number of aromatic nitrogens is 3. The molecule has 0 aliphatic rings. The highest BCUT2D eigenvalue weighted by molar-refractivity contribution is 7.99. The fourth-order valence-electron chi connectivity index (χ4n) is 2.47. The van der Waals surface area contributed by atoms with Gasteiger partial charge in [0.2, 0.25) is 5.91 Å². The predicted molar refractivity (Wildman–Crippen MR) is 117 cm³/mol. The summed E-state index contributed by atoms with van der Waals surface area (Å²) in [5.74, 6) is 1.12. The van der Waals surface area contributed by atoms with Crippen molar-refractivity contribution in [3.8, 4) is 5.75 Å². The van der Waals surface area contributed by atoms with Crippen molar-refractivity contribution < 1.29 is 9.53 Å². The van der Waals surface area contributed by atoms with Crippen molar-refractivity contribution >= 4 is 58.2 Å². The van der Waals surface area contributed by atoms with Crippen LogP contribution < -0.4 is 10.1 Å². The van der Waals surface area contributed by atoms with Gasteiger partial charge in [0.1, 0.15) is 12.4 Å². The lowest BCUT2D eigenvalue weighted by atomic mass is 10.3. The summed E-state index contributed by atoms with van der Waals surface area (Å²) < 4.78 is 7.62. The van der Waals surface area contributed by atoms with E-state index in [0.29, 0.717) is 44.0 Å². The standard InChI is InChI=1S/C19H17Cl3N4O2S/c1-2-26-17(10-28-16-9-13(21)6-7-15(16)22)24-25-19(26)29-11-18(27)23-14-5-3-4-12(20)8-14/h3-9H,2,10-11H2,1H3,(H,23,27). The molecule has 3 aromatic rings. The topological polar surface area (TPSA) is 69.0 Å². The molecule has 0 fully saturated rings. The zero-order valence-corrected chi connectivity index (χ0v) is 18.4. The van der Waals surface area contributed by atoms with Crippen LogP contribution in [0.2, 0.25) is 15.1 Å². The minimum atomic E-state index is -0.161. The van der Waals surface area contributed by atoms with Crippen LogP contribution in [0.4, 0.5) is 5.69 Å².